The molecule has 1 aromatic heterocycles. The summed E-state index contributed by atoms with van der Waals surface area (Å²) in [5.74, 6) is 2.03. The normalized spacial score (nSPS) is 27.8. The minimum absolute atomic E-state index is 0.0487. The van der Waals surface area contributed by atoms with Gasteiger partial charge in [0.1, 0.15) is 6.10 Å². The van der Waals surface area contributed by atoms with Crippen LogP contribution in [-0.2, 0) is 0 Å². The Kier molecular flexibility index (Phi) is 4.00. The lowest BCUT2D eigenvalue weighted by molar-refractivity contribution is 0.0953. The molecule has 2 unspecified atom stereocenters. The minimum Gasteiger partial charge on any atom is -0.474 e. The van der Waals surface area contributed by atoms with Gasteiger partial charge in [-0.2, -0.15) is 0 Å². The van der Waals surface area contributed by atoms with Gasteiger partial charge in [-0.15, -0.1) is 0 Å². The number of hydrogen-bond donors (Lipinski definition) is 0. The molecule has 3 nitrogen and oxygen atoms in total. The van der Waals surface area contributed by atoms with Gasteiger partial charge in [-0.25, -0.2) is 4.98 Å². The summed E-state index contributed by atoms with van der Waals surface area (Å²) in [5, 5.41) is 0. The molecule has 1 heterocycles. The van der Waals surface area contributed by atoms with Crippen LogP contribution >= 0.6 is 0 Å². The Morgan fingerprint density at radius 3 is 2.56 bits per heavy atom. The van der Waals surface area contributed by atoms with Gasteiger partial charge in [-0.05, 0) is 44.1 Å². The summed E-state index contributed by atoms with van der Waals surface area (Å²) in [5.41, 5.74) is 0.664. The van der Waals surface area contributed by atoms with E-state index < -0.39 is 0 Å². The van der Waals surface area contributed by atoms with Crippen molar-refractivity contribution in [1.29, 1.82) is 0 Å². The van der Waals surface area contributed by atoms with E-state index in [9.17, 15) is 4.79 Å². The molecule has 2 atom stereocenters. The third-order valence-electron chi connectivity index (χ3n) is 3.56. The van der Waals surface area contributed by atoms with Gasteiger partial charge >= 0.3 is 0 Å². The summed E-state index contributed by atoms with van der Waals surface area (Å²) in [4.78, 5) is 15.5. The van der Waals surface area contributed by atoms with E-state index in [4.69, 9.17) is 4.74 Å². The van der Waals surface area contributed by atoms with Gasteiger partial charge in [-0.1, -0.05) is 13.8 Å². The van der Waals surface area contributed by atoms with Gasteiger partial charge in [0.05, 0.1) is 0 Å². The summed E-state index contributed by atoms with van der Waals surface area (Å²) in [6.07, 6.45) is 5.31. The zero-order valence-corrected chi connectivity index (χ0v) is 11.3. The number of rotatable bonds is 3. The highest BCUT2D eigenvalue weighted by molar-refractivity contribution is 5.94. The lowest BCUT2D eigenvalue weighted by Gasteiger charge is -2.31. The van der Waals surface area contributed by atoms with E-state index in [2.05, 4.69) is 18.8 Å². The van der Waals surface area contributed by atoms with Gasteiger partial charge < -0.3 is 4.74 Å². The molecule has 98 valence electrons. The molecule has 2 rings (SSSR count). The van der Waals surface area contributed by atoms with E-state index in [-0.39, 0.29) is 11.9 Å². The van der Waals surface area contributed by atoms with E-state index in [0.717, 1.165) is 12.8 Å². The molecule has 3 heteroatoms. The van der Waals surface area contributed by atoms with Crippen LogP contribution in [0, 0.1) is 11.8 Å². The van der Waals surface area contributed by atoms with Crippen molar-refractivity contribution in [3.63, 3.8) is 0 Å². The second kappa shape index (κ2) is 5.51. The van der Waals surface area contributed by atoms with Gasteiger partial charge in [0.15, 0.2) is 5.78 Å². The molecule has 0 N–H and O–H groups in total. The molecule has 1 fully saturated rings. The summed E-state index contributed by atoms with van der Waals surface area (Å²) in [7, 11) is 0. The monoisotopic (exact) mass is 247 g/mol. The van der Waals surface area contributed by atoms with E-state index in [1.54, 1.807) is 25.3 Å². The fraction of sp³-hybridized carbons (Fsp3) is 0.600. The van der Waals surface area contributed by atoms with Crippen LogP contribution in [0.15, 0.2) is 18.3 Å². The Hall–Kier alpha value is -1.38. The molecule has 0 saturated heterocycles. The average molecular weight is 247 g/mol. The molecule has 0 aromatic carbocycles. The Labute approximate surface area is 109 Å². The highest BCUT2D eigenvalue weighted by atomic mass is 16.5. The third-order valence-corrected chi connectivity index (χ3v) is 3.56. The molecule has 0 amide bonds. The van der Waals surface area contributed by atoms with E-state index in [1.807, 2.05) is 0 Å². The van der Waals surface area contributed by atoms with Crippen LogP contribution in [0.4, 0.5) is 0 Å². The van der Waals surface area contributed by atoms with Crippen LogP contribution in [0.5, 0.6) is 5.88 Å². The molecule has 0 bridgehead atoms. The van der Waals surface area contributed by atoms with Crippen molar-refractivity contribution in [3.8, 4) is 5.88 Å². The predicted octanol–water partition coefficient (Wildman–Crippen LogP) is 3.49. The number of ketones is 1. The quantitative estimate of drug-likeness (QED) is 0.767. The highest BCUT2D eigenvalue weighted by Gasteiger charge is 2.25. The van der Waals surface area contributed by atoms with E-state index in [0.29, 0.717) is 23.3 Å². The lowest BCUT2D eigenvalue weighted by Crippen LogP contribution is -2.28. The van der Waals surface area contributed by atoms with Crippen LogP contribution in [0.1, 0.15) is 50.4 Å². The maximum atomic E-state index is 11.3. The van der Waals surface area contributed by atoms with Crippen molar-refractivity contribution in [2.24, 2.45) is 11.8 Å². The molecule has 1 aliphatic rings. The summed E-state index contributed by atoms with van der Waals surface area (Å²) < 4.78 is 5.92. The van der Waals surface area contributed by atoms with Gasteiger partial charge in [0.25, 0.3) is 0 Å². The van der Waals surface area contributed by atoms with Gasteiger partial charge in [-0.3, -0.25) is 4.79 Å². The topological polar surface area (TPSA) is 39.2 Å². The zero-order valence-electron chi connectivity index (χ0n) is 11.3. The van der Waals surface area contributed by atoms with Crippen molar-refractivity contribution in [2.75, 3.05) is 0 Å². The molecule has 1 aromatic rings. The van der Waals surface area contributed by atoms with Crippen molar-refractivity contribution < 1.29 is 9.53 Å². The van der Waals surface area contributed by atoms with Gasteiger partial charge in [0.2, 0.25) is 5.88 Å². The Balaban J connectivity index is 2.04. The number of aromatic nitrogens is 1. The summed E-state index contributed by atoms with van der Waals surface area (Å²) >= 11 is 0. The smallest absolute Gasteiger partial charge is 0.214 e. The third kappa shape index (κ3) is 3.31. The van der Waals surface area contributed by atoms with Crippen LogP contribution in [-0.4, -0.2) is 16.9 Å². The number of pyridine rings is 1. The van der Waals surface area contributed by atoms with Crippen molar-refractivity contribution in [3.05, 3.63) is 23.9 Å². The predicted molar refractivity (Wildman–Crippen MR) is 70.8 cm³/mol. The number of ether oxygens (including phenoxy) is 1. The molecule has 0 spiro atoms. The Morgan fingerprint density at radius 2 is 1.94 bits per heavy atom. The van der Waals surface area contributed by atoms with Crippen LogP contribution < -0.4 is 4.74 Å². The minimum atomic E-state index is 0.0487. The van der Waals surface area contributed by atoms with Crippen molar-refractivity contribution >= 4 is 5.78 Å². The van der Waals surface area contributed by atoms with Crippen LogP contribution in [0.25, 0.3) is 0 Å². The first-order valence-corrected chi connectivity index (χ1v) is 6.68. The fourth-order valence-corrected chi connectivity index (χ4v) is 2.83. The van der Waals surface area contributed by atoms with Crippen molar-refractivity contribution in [2.45, 2.75) is 46.1 Å². The summed E-state index contributed by atoms with van der Waals surface area (Å²) in [6.45, 7) is 6.10. The zero-order chi connectivity index (χ0) is 13.1. The average Bonchev–Trinajstić information content (AvgIpc) is 2.27. The molecule has 18 heavy (non-hydrogen) atoms. The van der Waals surface area contributed by atoms with E-state index >= 15 is 0 Å². The Bertz CT molecular complexity index is 420. The Morgan fingerprint density at radius 1 is 1.28 bits per heavy atom. The maximum Gasteiger partial charge on any atom is 0.214 e. The molecule has 0 radical (unpaired) electrons. The molecule has 1 aliphatic carbocycles. The highest BCUT2D eigenvalue weighted by Crippen LogP contribution is 2.30. The largest absolute Gasteiger partial charge is 0.474 e. The number of nitrogens with zero attached hydrogens (tertiary/aromatic N) is 1. The first kappa shape index (κ1) is 13.1. The van der Waals surface area contributed by atoms with Crippen LogP contribution in [0.2, 0.25) is 0 Å². The number of carbonyl (C=O) groups excluding carboxylic acids is 1. The van der Waals surface area contributed by atoms with Crippen molar-refractivity contribution in [1.82, 2.24) is 4.98 Å². The standard InChI is InChI=1S/C15H21NO2/c1-10-6-11(2)8-14(7-10)18-15-9-13(12(3)17)4-5-16-15/h4-5,9-11,14H,6-8H2,1-3H3. The SMILES string of the molecule is CC(=O)c1ccnc(OC2CC(C)CC(C)C2)c1. The first-order chi connectivity index (χ1) is 8.54. The number of Topliss-reactive ketones (excluding diaryl/α,β-unsaturated/α-hetero) is 1. The van der Waals surface area contributed by atoms with Crippen LogP contribution in [0.3, 0.4) is 0 Å². The van der Waals surface area contributed by atoms with E-state index in [1.165, 1.54) is 6.42 Å². The number of carbonyl (C=O) groups is 1. The maximum absolute atomic E-state index is 11.3. The first-order valence-electron chi connectivity index (χ1n) is 6.68. The fourth-order valence-electron chi connectivity index (χ4n) is 2.83. The molecule has 1 saturated carbocycles. The molecular weight excluding hydrogens is 226 g/mol. The lowest BCUT2D eigenvalue weighted by atomic mass is 9.82. The van der Waals surface area contributed by atoms with Gasteiger partial charge in [0, 0.05) is 17.8 Å². The molecule has 0 aliphatic heterocycles. The summed E-state index contributed by atoms with van der Waals surface area (Å²) in [6, 6.07) is 3.47. The number of hydrogen-bond acceptors (Lipinski definition) is 3. The molecular formula is C15H21NO2. The second-order valence-corrected chi connectivity index (χ2v) is 5.60. The second-order valence-electron chi connectivity index (χ2n) is 5.60.